The number of hydrogen-bond donors (Lipinski definition) is 1. The predicted octanol–water partition coefficient (Wildman–Crippen LogP) is 2.11. The third-order valence-electron chi connectivity index (χ3n) is 4.08. The van der Waals surface area contributed by atoms with E-state index in [9.17, 15) is 9.90 Å². The van der Waals surface area contributed by atoms with E-state index >= 15 is 0 Å². The predicted molar refractivity (Wildman–Crippen MR) is 83.8 cm³/mol. The Hall–Kier alpha value is -2.80. The minimum absolute atomic E-state index is 0.156. The number of aliphatic hydroxyl groups is 1. The Morgan fingerprint density at radius 3 is 2.92 bits per heavy atom. The third-order valence-corrected chi connectivity index (χ3v) is 4.08. The van der Waals surface area contributed by atoms with Crippen molar-refractivity contribution in [2.24, 2.45) is 0 Å². The van der Waals surface area contributed by atoms with Crippen LogP contribution in [0, 0.1) is 6.92 Å². The van der Waals surface area contributed by atoms with Gasteiger partial charge in [0.15, 0.2) is 17.3 Å². The number of aromatic nitrogens is 1. The van der Waals surface area contributed by atoms with E-state index in [-0.39, 0.29) is 12.7 Å². The number of aryl methyl sites for hydroxylation is 1. The number of anilines is 1. The van der Waals surface area contributed by atoms with Gasteiger partial charge in [0, 0.05) is 25.1 Å². The van der Waals surface area contributed by atoms with Gasteiger partial charge in [0.1, 0.15) is 5.76 Å². The molecule has 0 spiro atoms. The summed E-state index contributed by atoms with van der Waals surface area (Å²) in [5.41, 5.74) is 1.56. The van der Waals surface area contributed by atoms with Gasteiger partial charge < -0.3 is 19.1 Å². The highest BCUT2D eigenvalue weighted by Gasteiger charge is 2.27. The Balaban J connectivity index is 1.45. The highest BCUT2D eigenvalue weighted by atomic mass is 16.7. The smallest absolute Gasteiger partial charge is 0.252 e. The molecule has 0 aliphatic carbocycles. The second-order valence-corrected chi connectivity index (χ2v) is 5.86. The minimum atomic E-state index is -0.724. The molecule has 1 unspecified atom stereocenters. The Morgan fingerprint density at radius 1 is 1.29 bits per heavy atom. The van der Waals surface area contributed by atoms with Crippen molar-refractivity contribution in [1.82, 2.24) is 5.16 Å². The van der Waals surface area contributed by atoms with Gasteiger partial charge in [0.25, 0.3) is 5.91 Å². The van der Waals surface area contributed by atoms with Crippen LogP contribution in [0.25, 0.3) is 0 Å². The third kappa shape index (κ3) is 2.63. The van der Waals surface area contributed by atoms with Crippen LogP contribution >= 0.6 is 0 Å². The lowest BCUT2D eigenvalue weighted by Crippen LogP contribution is -2.25. The molecule has 1 N–H and O–H groups in total. The lowest BCUT2D eigenvalue weighted by Gasteiger charge is -2.15. The molecule has 1 aromatic heterocycles. The lowest BCUT2D eigenvalue weighted by molar-refractivity contribution is -0.113. The van der Waals surface area contributed by atoms with Crippen molar-refractivity contribution in [1.29, 1.82) is 0 Å². The number of ether oxygens (including phenoxy) is 2. The molecule has 1 amide bonds. The van der Waals surface area contributed by atoms with Crippen LogP contribution in [0.5, 0.6) is 11.5 Å². The van der Waals surface area contributed by atoms with Crippen LogP contribution in [0.2, 0.25) is 0 Å². The molecular weight excluding hydrogens is 312 g/mol. The number of fused-ring (bicyclic) bond motifs is 1. The summed E-state index contributed by atoms with van der Waals surface area (Å²) in [6, 6.07) is 7.06. The van der Waals surface area contributed by atoms with E-state index in [0.29, 0.717) is 36.0 Å². The first-order valence-electron chi connectivity index (χ1n) is 7.62. The van der Waals surface area contributed by atoms with Crippen molar-refractivity contribution in [2.75, 3.05) is 18.2 Å². The van der Waals surface area contributed by atoms with Crippen molar-refractivity contribution < 1.29 is 23.9 Å². The fraction of sp³-hybridized carbons (Fsp3) is 0.294. The van der Waals surface area contributed by atoms with Crippen molar-refractivity contribution in [2.45, 2.75) is 19.4 Å². The standard InChI is InChI=1S/C17H16N2O5/c1-10-4-16(18-24-10)19-8-11(6-17(19)21)5-13(20)12-2-3-14-15(7-12)23-9-22-14/h2-4,6-7,13,20H,5,8-9H2,1H3. The molecule has 2 aromatic rings. The number of aliphatic hydroxyl groups excluding tert-OH is 1. The lowest BCUT2D eigenvalue weighted by atomic mass is 10.0. The summed E-state index contributed by atoms with van der Waals surface area (Å²) in [5, 5.41) is 14.3. The van der Waals surface area contributed by atoms with Gasteiger partial charge in [-0.05, 0) is 30.2 Å². The van der Waals surface area contributed by atoms with Gasteiger partial charge in [-0.2, -0.15) is 0 Å². The summed E-state index contributed by atoms with van der Waals surface area (Å²) >= 11 is 0. The molecule has 2 aliphatic rings. The Labute approximate surface area is 138 Å². The van der Waals surface area contributed by atoms with Crippen LogP contribution < -0.4 is 14.4 Å². The number of benzene rings is 1. The largest absolute Gasteiger partial charge is 0.454 e. The first-order chi connectivity index (χ1) is 11.6. The second kappa shape index (κ2) is 5.68. The van der Waals surface area contributed by atoms with Crippen LogP contribution in [0.3, 0.4) is 0 Å². The topological polar surface area (TPSA) is 85.0 Å². The van der Waals surface area contributed by atoms with E-state index in [4.69, 9.17) is 14.0 Å². The first kappa shape index (κ1) is 14.8. The molecule has 1 aromatic carbocycles. The van der Waals surface area contributed by atoms with Crippen molar-refractivity contribution in [3.05, 3.63) is 47.2 Å². The highest BCUT2D eigenvalue weighted by Crippen LogP contribution is 2.36. The number of amides is 1. The van der Waals surface area contributed by atoms with Crippen LogP contribution in [-0.2, 0) is 4.79 Å². The van der Waals surface area contributed by atoms with E-state index in [2.05, 4.69) is 5.16 Å². The van der Waals surface area contributed by atoms with Gasteiger partial charge in [-0.3, -0.25) is 9.69 Å². The summed E-state index contributed by atoms with van der Waals surface area (Å²) in [4.78, 5) is 13.6. The van der Waals surface area contributed by atoms with Gasteiger partial charge in [0.05, 0.1) is 6.10 Å². The van der Waals surface area contributed by atoms with Gasteiger partial charge in [-0.25, -0.2) is 0 Å². The number of carbonyl (C=O) groups excluding carboxylic acids is 1. The second-order valence-electron chi connectivity index (χ2n) is 5.86. The molecule has 3 heterocycles. The molecule has 124 valence electrons. The number of nitrogens with zero attached hydrogens (tertiary/aromatic N) is 2. The first-order valence-corrected chi connectivity index (χ1v) is 7.62. The van der Waals surface area contributed by atoms with E-state index in [0.717, 1.165) is 11.1 Å². The maximum absolute atomic E-state index is 12.1. The van der Waals surface area contributed by atoms with E-state index < -0.39 is 6.10 Å². The molecule has 0 saturated carbocycles. The average Bonchev–Trinajstić information content (AvgIpc) is 3.26. The van der Waals surface area contributed by atoms with Crippen LogP contribution in [0.15, 0.2) is 40.4 Å². The molecule has 7 heteroatoms. The maximum atomic E-state index is 12.1. The van der Waals surface area contributed by atoms with Gasteiger partial charge in [-0.1, -0.05) is 11.2 Å². The molecule has 1 atom stereocenters. The fourth-order valence-electron chi connectivity index (χ4n) is 2.86. The Kier molecular flexibility index (Phi) is 3.50. The quantitative estimate of drug-likeness (QED) is 0.925. The average molecular weight is 328 g/mol. The zero-order valence-corrected chi connectivity index (χ0v) is 13.1. The van der Waals surface area contributed by atoms with Gasteiger partial charge in [0.2, 0.25) is 6.79 Å². The van der Waals surface area contributed by atoms with E-state index in [1.807, 2.05) is 0 Å². The molecule has 0 bridgehead atoms. The minimum Gasteiger partial charge on any atom is -0.454 e. The SMILES string of the molecule is Cc1cc(N2CC(CC(O)c3ccc4c(c3)OCO4)=CC2=O)no1. The Bertz CT molecular complexity index is 826. The van der Waals surface area contributed by atoms with Crippen LogP contribution in [0.1, 0.15) is 23.8 Å². The molecule has 7 nitrogen and oxygen atoms in total. The number of carbonyl (C=O) groups is 1. The summed E-state index contributed by atoms with van der Waals surface area (Å²) in [5.74, 6) is 2.28. The molecule has 24 heavy (non-hydrogen) atoms. The zero-order valence-electron chi connectivity index (χ0n) is 13.1. The summed E-state index contributed by atoms with van der Waals surface area (Å²) < 4.78 is 15.6. The number of hydrogen-bond acceptors (Lipinski definition) is 6. The van der Waals surface area contributed by atoms with Crippen LogP contribution in [-0.4, -0.2) is 29.5 Å². The summed E-state index contributed by atoms with van der Waals surface area (Å²) in [6.07, 6.45) is 1.18. The summed E-state index contributed by atoms with van der Waals surface area (Å²) in [7, 11) is 0. The molecule has 0 fully saturated rings. The van der Waals surface area contributed by atoms with Gasteiger partial charge >= 0.3 is 0 Å². The molecular formula is C17H16N2O5. The van der Waals surface area contributed by atoms with Crippen molar-refractivity contribution in [3.8, 4) is 11.5 Å². The van der Waals surface area contributed by atoms with E-state index in [1.54, 1.807) is 37.3 Å². The van der Waals surface area contributed by atoms with E-state index in [1.165, 1.54) is 4.90 Å². The fourth-order valence-corrected chi connectivity index (χ4v) is 2.86. The molecule has 2 aliphatic heterocycles. The van der Waals surface area contributed by atoms with Crippen molar-refractivity contribution in [3.63, 3.8) is 0 Å². The zero-order chi connectivity index (χ0) is 16.7. The van der Waals surface area contributed by atoms with Crippen LogP contribution in [0.4, 0.5) is 5.82 Å². The monoisotopic (exact) mass is 328 g/mol. The highest BCUT2D eigenvalue weighted by molar-refractivity contribution is 6.04. The number of rotatable bonds is 4. The molecule has 0 radical (unpaired) electrons. The molecule has 4 rings (SSSR count). The maximum Gasteiger partial charge on any atom is 0.252 e. The Morgan fingerprint density at radius 2 is 2.12 bits per heavy atom. The summed E-state index contributed by atoms with van der Waals surface area (Å²) in [6.45, 7) is 2.36. The normalized spacial score (nSPS) is 17.3. The van der Waals surface area contributed by atoms with Crippen molar-refractivity contribution >= 4 is 11.7 Å². The molecule has 0 saturated heterocycles. The van der Waals surface area contributed by atoms with Gasteiger partial charge in [-0.15, -0.1) is 0 Å².